The van der Waals surface area contributed by atoms with Crippen LogP contribution in [0.25, 0.3) is 5.76 Å². The second-order valence-electron chi connectivity index (χ2n) is 4.75. The molecule has 2 heterocycles. The van der Waals surface area contributed by atoms with Crippen LogP contribution < -0.4 is 0 Å². The average Bonchev–Trinajstić information content (AvgIpc) is 2.54. The van der Waals surface area contributed by atoms with Crippen molar-refractivity contribution in [3.05, 3.63) is 29.6 Å². The second-order valence-corrected chi connectivity index (χ2v) is 4.75. The Kier molecular flexibility index (Phi) is 2.86. The Morgan fingerprint density at radius 2 is 1.89 bits per heavy atom. The third-order valence-corrected chi connectivity index (χ3v) is 2.07. The van der Waals surface area contributed by atoms with Gasteiger partial charge < -0.3 is 9.47 Å². The number of ether oxygens (including phenoxy) is 2. The number of carbonyl (C=O) groups excluding carboxylic acids is 2. The molecule has 0 bridgehead atoms. The minimum atomic E-state index is -0.601. The molecular formula is C12H12N2O4. The summed E-state index contributed by atoms with van der Waals surface area (Å²) in [4.78, 5) is 23.1. The third-order valence-electron chi connectivity index (χ3n) is 2.07. The van der Waals surface area contributed by atoms with Gasteiger partial charge in [-0.1, -0.05) is 0 Å². The summed E-state index contributed by atoms with van der Waals surface area (Å²) in [6.07, 6.45) is 3.81. The van der Waals surface area contributed by atoms with Crippen LogP contribution in [-0.2, 0) is 14.3 Å². The number of hydrogen-bond donors (Lipinski definition) is 0. The Hall–Kier alpha value is -2.24. The highest BCUT2D eigenvalue weighted by molar-refractivity contribution is 6.05. The van der Waals surface area contributed by atoms with Gasteiger partial charge in [0, 0.05) is 0 Å². The molecule has 0 saturated carbocycles. The number of rotatable bonds is 1. The van der Waals surface area contributed by atoms with E-state index in [1.165, 1.54) is 12.4 Å². The zero-order valence-electron chi connectivity index (χ0n) is 10.3. The lowest BCUT2D eigenvalue weighted by molar-refractivity contribution is -0.148. The molecule has 0 unspecified atom stereocenters. The SMILES string of the molecule is CC(C)(C)OC(=O)C=C1OC(=O)c2cnncc21. The number of nitrogens with zero attached hydrogens (tertiary/aromatic N) is 2. The first-order valence-electron chi connectivity index (χ1n) is 5.35. The Labute approximate surface area is 104 Å². The van der Waals surface area contributed by atoms with E-state index in [0.29, 0.717) is 11.1 Å². The highest BCUT2D eigenvalue weighted by Crippen LogP contribution is 2.28. The van der Waals surface area contributed by atoms with Crippen molar-refractivity contribution in [3.8, 4) is 0 Å². The molecule has 1 aliphatic rings. The van der Waals surface area contributed by atoms with Crippen LogP contribution in [0.5, 0.6) is 0 Å². The van der Waals surface area contributed by atoms with E-state index in [0.717, 1.165) is 6.08 Å². The third kappa shape index (κ3) is 2.53. The van der Waals surface area contributed by atoms with Crippen LogP contribution in [0, 0.1) is 0 Å². The van der Waals surface area contributed by atoms with Crippen LogP contribution in [0.1, 0.15) is 36.7 Å². The van der Waals surface area contributed by atoms with E-state index in [1.54, 1.807) is 20.8 Å². The fourth-order valence-electron chi connectivity index (χ4n) is 1.44. The molecule has 6 nitrogen and oxygen atoms in total. The molecule has 94 valence electrons. The Morgan fingerprint density at radius 1 is 1.28 bits per heavy atom. The first kappa shape index (κ1) is 12.2. The number of aromatic nitrogens is 2. The van der Waals surface area contributed by atoms with Crippen molar-refractivity contribution < 1.29 is 19.1 Å². The Morgan fingerprint density at radius 3 is 2.50 bits per heavy atom. The summed E-state index contributed by atoms with van der Waals surface area (Å²) in [7, 11) is 0. The van der Waals surface area contributed by atoms with Gasteiger partial charge in [0.15, 0.2) is 0 Å². The molecule has 0 fully saturated rings. The van der Waals surface area contributed by atoms with Crippen LogP contribution in [0.3, 0.4) is 0 Å². The number of cyclic esters (lactones) is 1. The smallest absolute Gasteiger partial charge is 0.346 e. The van der Waals surface area contributed by atoms with Gasteiger partial charge in [-0.25, -0.2) is 9.59 Å². The van der Waals surface area contributed by atoms with Crippen LogP contribution in [0.2, 0.25) is 0 Å². The molecule has 0 atom stereocenters. The van der Waals surface area contributed by atoms with Crippen molar-refractivity contribution in [3.63, 3.8) is 0 Å². The molecule has 0 amide bonds. The minimum Gasteiger partial charge on any atom is -0.457 e. The Balaban J connectivity index is 2.27. The largest absolute Gasteiger partial charge is 0.457 e. The summed E-state index contributed by atoms with van der Waals surface area (Å²) < 4.78 is 10.1. The van der Waals surface area contributed by atoms with Gasteiger partial charge in [0.2, 0.25) is 0 Å². The van der Waals surface area contributed by atoms with Gasteiger partial charge in [-0.05, 0) is 20.8 Å². The normalized spacial score (nSPS) is 16.4. The van der Waals surface area contributed by atoms with E-state index in [4.69, 9.17) is 9.47 Å². The molecule has 0 radical (unpaired) electrons. The van der Waals surface area contributed by atoms with Crippen LogP contribution in [0.4, 0.5) is 0 Å². The first-order chi connectivity index (χ1) is 8.37. The summed E-state index contributed by atoms with van der Waals surface area (Å²) in [5.74, 6) is -0.983. The fourth-order valence-corrected chi connectivity index (χ4v) is 1.44. The highest BCUT2D eigenvalue weighted by Gasteiger charge is 2.28. The van der Waals surface area contributed by atoms with Gasteiger partial charge >= 0.3 is 11.9 Å². The van der Waals surface area contributed by atoms with Gasteiger partial charge in [-0.3, -0.25) is 0 Å². The number of hydrogen-bond acceptors (Lipinski definition) is 6. The molecule has 2 rings (SSSR count). The molecule has 1 aromatic heterocycles. The van der Waals surface area contributed by atoms with Gasteiger partial charge in [-0.15, -0.1) is 0 Å². The quantitative estimate of drug-likeness (QED) is 0.551. The summed E-state index contributed by atoms with van der Waals surface area (Å²) in [5, 5.41) is 7.23. The van der Waals surface area contributed by atoms with Crippen molar-refractivity contribution >= 4 is 17.7 Å². The monoisotopic (exact) mass is 248 g/mol. The van der Waals surface area contributed by atoms with E-state index in [2.05, 4.69) is 10.2 Å². The van der Waals surface area contributed by atoms with Crippen LogP contribution in [-0.4, -0.2) is 27.7 Å². The summed E-state index contributed by atoms with van der Waals surface area (Å²) in [6.45, 7) is 5.26. The molecule has 6 heteroatoms. The van der Waals surface area contributed by atoms with E-state index in [1.807, 2.05) is 0 Å². The van der Waals surface area contributed by atoms with Gasteiger partial charge in [0.1, 0.15) is 11.4 Å². The molecule has 0 N–H and O–H groups in total. The van der Waals surface area contributed by atoms with Crippen molar-refractivity contribution in [2.75, 3.05) is 0 Å². The maximum Gasteiger partial charge on any atom is 0.346 e. The van der Waals surface area contributed by atoms with Crippen molar-refractivity contribution in [2.45, 2.75) is 26.4 Å². The zero-order valence-corrected chi connectivity index (χ0v) is 10.3. The molecule has 1 aromatic rings. The van der Waals surface area contributed by atoms with Crippen molar-refractivity contribution in [2.24, 2.45) is 0 Å². The molecular weight excluding hydrogens is 236 g/mol. The molecule has 0 aromatic carbocycles. The Bertz CT molecular complexity index is 543. The predicted octanol–water partition coefficient (Wildman–Crippen LogP) is 1.33. The number of esters is 2. The maximum absolute atomic E-state index is 11.6. The lowest BCUT2D eigenvalue weighted by Crippen LogP contribution is -2.22. The topological polar surface area (TPSA) is 78.4 Å². The van der Waals surface area contributed by atoms with Gasteiger partial charge in [-0.2, -0.15) is 10.2 Å². The summed E-state index contributed by atoms with van der Waals surface area (Å²) in [5.41, 5.74) is 0.136. The fraction of sp³-hybridized carbons (Fsp3) is 0.333. The van der Waals surface area contributed by atoms with E-state index >= 15 is 0 Å². The predicted molar refractivity (Wildman–Crippen MR) is 61.3 cm³/mol. The zero-order chi connectivity index (χ0) is 13.3. The van der Waals surface area contributed by atoms with Gasteiger partial charge in [0.25, 0.3) is 0 Å². The lowest BCUT2D eigenvalue weighted by Gasteiger charge is -2.18. The summed E-state index contributed by atoms with van der Waals surface area (Å²) >= 11 is 0. The molecule has 0 saturated heterocycles. The van der Waals surface area contributed by atoms with Crippen molar-refractivity contribution in [1.82, 2.24) is 10.2 Å². The molecule has 18 heavy (non-hydrogen) atoms. The molecule has 1 aliphatic heterocycles. The first-order valence-corrected chi connectivity index (χ1v) is 5.35. The lowest BCUT2D eigenvalue weighted by atomic mass is 10.1. The van der Waals surface area contributed by atoms with E-state index < -0.39 is 17.5 Å². The molecule has 0 spiro atoms. The van der Waals surface area contributed by atoms with E-state index in [9.17, 15) is 9.59 Å². The number of fused-ring (bicyclic) bond motifs is 1. The average molecular weight is 248 g/mol. The molecule has 0 aliphatic carbocycles. The standard InChI is InChI=1S/C12H12N2O4/c1-12(2,3)18-10(15)4-9-7-5-13-14-6-8(7)11(16)17-9/h4-6H,1-3H3. The van der Waals surface area contributed by atoms with Crippen LogP contribution >= 0.6 is 0 Å². The highest BCUT2D eigenvalue weighted by atomic mass is 16.6. The van der Waals surface area contributed by atoms with E-state index in [-0.39, 0.29) is 5.76 Å². The minimum absolute atomic E-state index is 0.138. The second kappa shape index (κ2) is 4.21. The number of carbonyl (C=O) groups is 2. The summed E-state index contributed by atoms with van der Waals surface area (Å²) in [6, 6.07) is 0. The van der Waals surface area contributed by atoms with Crippen LogP contribution in [0.15, 0.2) is 18.5 Å². The maximum atomic E-state index is 11.6. The van der Waals surface area contributed by atoms with Gasteiger partial charge in [0.05, 0.1) is 29.6 Å². The van der Waals surface area contributed by atoms with Crippen molar-refractivity contribution in [1.29, 1.82) is 0 Å².